The Morgan fingerprint density at radius 2 is 1.97 bits per heavy atom. The van der Waals surface area contributed by atoms with Crippen LogP contribution < -0.4 is 15.0 Å². The first kappa shape index (κ1) is 21.3. The average Bonchev–Trinajstić information content (AvgIpc) is 2.75. The number of likely N-dealkylation sites (N-methyl/N-ethyl adjacent to an activating group) is 1. The molecule has 0 spiro atoms. The van der Waals surface area contributed by atoms with E-state index in [9.17, 15) is 4.39 Å². The summed E-state index contributed by atoms with van der Waals surface area (Å²) in [6.45, 7) is 7.55. The lowest BCUT2D eigenvalue weighted by Gasteiger charge is -2.35. The molecule has 1 aromatic carbocycles. The molecule has 3 heterocycles. The predicted octanol–water partition coefficient (Wildman–Crippen LogP) is 3.34. The highest BCUT2D eigenvalue weighted by Crippen LogP contribution is 2.30. The van der Waals surface area contributed by atoms with E-state index in [0.717, 1.165) is 68.5 Å². The van der Waals surface area contributed by atoms with Crippen molar-refractivity contribution in [3.63, 3.8) is 0 Å². The molecule has 164 valence electrons. The van der Waals surface area contributed by atoms with Crippen LogP contribution in [0.4, 0.5) is 16.0 Å². The van der Waals surface area contributed by atoms with E-state index >= 15 is 0 Å². The number of hydrogen-bond donors (Lipinski definition) is 1. The lowest BCUT2D eigenvalue weighted by molar-refractivity contribution is 0.163. The summed E-state index contributed by atoms with van der Waals surface area (Å²) < 4.78 is 20.1. The van der Waals surface area contributed by atoms with Crippen molar-refractivity contribution in [3.05, 3.63) is 41.0 Å². The minimum Gasteiger partial charge on any atom is -0.487 e. The largest absolute Gasteiger partial charge is 0.487 e. The first-order chi connectivity index (χ1) is 14.9. The number of aromatic nitrogens is 2. The van der Waals surface area contributed by atoms with E-state index in [1.807, 2.05) is 6.07 Å². The molecular formula is C23H29FN6O. The van der Waals surface area contributed by atoms with Crippen molar-refractivity contribution in [2.24, 2.45) is 0 Å². The second kappa shape index (κ2) is 9.06. The Labute approximate surface area is 182 Å². The number of nitrogens with zero attached hydrogens (tertiary/aromatic N) is 5. The van der Waals surface area contributed by atoms with Crippen LogP contribution in [0.2, 0.25) is 0 Å². The number of nitriles is 1. The number of nitrogens with one attached hydrogen (secondary N) is 1. The van der Waals surface area contributed by atoms with Crippen LogP contribution in [0, 0.1) is 17.1 Å². The SMILES string of the molecule is CC(C)Nc1nc2c(nc1N1CCC(Oc3ccc(C#N)cc3F)CC1)CCN(C)C2. The van der Waals surface area contributed by atoms with Gasteiger partial charge in [-0.1, -0.05) is 0 Å². The Morgan fingerprint density at radius 3 is 2.65 bits per heavy atom. The van der Waals surface area contributed by atoms with Gasteiger partial charge in [0.25, 0.3) is 0 Å². The summed E-state index contributed by atoms with van der Waals surface area (Å²) in [6, 6.07) is 6.53. The molecular weight excluding hydrogens is 395 g/mol. The van der Waals surface area contributed by atoms with Crippen LogP contribution >= 0.6 is 0 Å². The fraction of sp³-hybridized carbons (Fsp3) is 0.522. The number of fused-ring (bicyclic) bond motifs is 1. The summed E-state index contributed by atoms with van der Waals surface area (Å²) in [5.41, 5.74) is 2.43. The highest BCUT2D eigenvalue weighted by atomic mass is 19.1. The van der Waals surface area contributed by atoms with Gasteiger partial charge in [0.05, 0.1) is 23.0 Å². The zero-order valence-corrected chi connectivity index (χ0v) is 18.4. The summed E-state index contributed by atoms with van der Waals surface area (Å²) >= 11 is 0. The van der Waals surface area contributed by atoms with Gasteiger partial charge in [-0.05, 0) is 39.1 Å². The van der Waals surface area contributed by atoms with Crippen LogP contribution in [0.5, 0.6) is 5.75 Å². The third-order valence-electron chi connectivity index (χ3n) is 5.70. The average molecular weight is 425 g/mol. The van der Waals surface area contributed by atoms with E-state index in [2.05, 4.69) is 36.0 Å². The quantitative estimate of drug-likeness (QED) is 0.789. The van der Waals surface area contributed by atoms with E-state index in [4.69, 9.17) is 20.0 Å². The molecule has 2 aromatic rings. The lowest BCUT2D eigenvalue weighted by atomic mass is 10.1. The van der Waals surface area contributed by atoms with E-state index in [-0.39, 0.29) is 17.9 Å². The molecule has 1 N–H and O–H groups in total. The molecule has 1 fully saturated rings. The Hall–Kier alpha value is -2.92. The molecule has 2 aliphatic rings. The fourth-order valence-corrected chi connectivity index (χ4v) is 4.07. The van der Waals surface area contributed by atoms with Crippen LogP contribution in [0.25, 0.3) is 0 Å². The summed E-state index contributed by atoms with van der Waals surface area (Å²) in [6.07, 6.45) is 2.37. The van der Waals surface area contributed by atoms with Gasteiger partial charge in [-0.25, -0.2) is 14.4 Å². The van der Waals surface area contributed by atoms with Gasteiger partial charge >= 0.3 is 0 Å². The van der Waals surface area contributed by atoms with Crippen molar-refractivity contribution < 1.29 is 9.13 Å². The van der Waals surface area contributed by atoms with Gasteiger partial charge in [0.1, 0.15) is 6.10 Å². The van der Waals surface area contributed by atoms with Crippen molar-refractivity contribution in [3.8, 4) is 11.8 Å². The first-order valence-electron chi connectivity index (χ1n) is 10.9. The van der Waals surface area contributed by atoms with Crippen molar-refractivity contribution in [2.45, 2.75) is 51.8 Å². The van der Waals surface area contributed by atoms with Crippen molar-refractivity contribution in [1.29, 1.82) is 5.26 Å². The van der Waals surface area contributed by atoms with E-state index in [1.54, 1.807) is 6.07 Å². The maximum atomic E-state index is 14.2. The molecule has 31 heavy (non-hydrogen) atoms. The van der Waals surface area contributed by atoms with Crippen LogP contribution in [0.1, 0.15) is 43.6 Å². The van der Waals surface area contributed by atoms with Gasteiger partial charge in [-0.2, -0.15) is 5.26 Å². The number of benzene rings is 1. The highest BCUT2D eigenvalue weighted by Gasteiger charge is 2.27. The Balaban J connectivity index is 1.47. The molecule has 2 aliphatic heterocycles. The smallest absolute Gasteiger partial charge is 0.172 e. The summed E-state index contributed by atoms with van der Waals surface area (Å²) in [5.74, 6) is 1.45. The number of piperidine rings is 1. The van der Waals surface area contributed by atoms with Gasteiger partial charge in [-0.3, -0.25) is 0 Å². The third kappa shape index (κ3) is 4.88. The normalized spacial score (nSPS) is 17.4. The topological polar surface area (TPSA) is 77.3 Å². The Morgan fingerprint density at radius 1 is 1.19 bits per heavy atom. The molecule has 7 nitrogen and oxygen atoms in total. The molecule has 0 unspecified atom stereocenters. The van der Waals surface area contributed by atoms with Crippen molar-refractivity contribution in [2.75, 3.05) is 36.9 Å². The van der Waals surface area contributed by atoms with Gasteiger partial charge in [0, 0.05) is 51.5 Å². The zero-order valence-electron chi connectivity index (χ0n) is 18.4. The summed E-state index contributed by atoms with van der Waals surface area (Å²) in [7, 11) is 2.11. The van der Waals surface area contributed by atoms with Crippen LogP contribution in [0.3, 0.4) is 0 Å². The van der Waals surface area contributed by atoms with Crippen LogP contribution in [-0.2, 0) is 13.0 Å². The number of halogens is 1. The van der Waals surface area contributed by atoms with Crippen molar-refractivity contribution >= 4 is 11.6 Å². The molecule has 0 aliphatic carbocycles. The second-order valence-electron chi connectivity index (χ2n) is 8.64. The third-order valence-corrected chi connectivity index (χ3v) is 5.70. The summed E-state index contributed by atoms with van der Waals surface area (Å²) in [4.78, 5) is 14.5. The second-order valence-corrected chi connectivity index (χ2v) is 8.64. The molecule has 1 saturated heterocycles. The first-order valence-corrected chi connectivity index (χ1v) is 10.9. The zero-order chi connectivity index (χ0) is 22.0. The van der Waals surface area contributed by atoms with Gasteiger partial charge in [0.2, 0.25) is 0 Å². The standard InChI is InChI=1S/C23H29FN6O/c1-15(2)26-22-23(28-19-8-9-29(3)14-20(19)27-22)30-10-6-17(7-11-30)31-21-5-4-16(13-25)12-18(21)24/h4-5,12,15,17H,6-11,14H2,1-3H3,(H,26,27). The highest BCUT2D eigenvalue weighted by molar-refractivity contribution is 5.62. The maximum absolute atomic E-state index is 14.2. The fourth-order valence-electron chi connectivity index (χ4n) is 4.07. The van der Waals surface area contributed by atoms with Crippen LogP contribution in [0.15, 0.2) is 18.2 Å². The van der Waals surface area contributed by atoms with E-state index in [1.165, 1.54) is 12.1 Å². The molecule has 0 bridgehead atoms. The molecule has 1 aromatic heterocycles. The monoisotopic (exact) mass is 424 g/mol. The number of anilines is 2. The van der Waals surface area contributed by atoms with Gasteiger partial charge < -0.3 is 19.9 Å². The Kier molecular flexibility index (Phi) is 6.23. The molecule has 0 atom stereocenters. The molecule has 8 heteroatoms. The predicted molar refractivity (Wildman–Crippen MR) is 118 cm³/mol. The van der Waals surface area contributed by atoms with Gasteiger partial charge in [0.15, 0.2) is 23.2 Å². The molecule has 4 rings (SSSR count). The Bertz CT molecular complexity index is 981. The number of ether oxygens (including phenoxy) is 1. The minimum absolute atomic E-state index is 0.0700. The van der Waals surface area contributed by atoms with Crippen molar-refractivity contribution in [1.82, 2.24) is 14.9 Å². The maximum Gasteiger partial charge on any atom is 0.172 e. The number of hydrogen-bond acceptors (Lipinski definition) is 7. The number of rotatable bonds is 5. The van der Waals surface area contributed by atoms with Gasteiger partial charge in [-0.15, -0.1) is 0 Å². The molecule has 0 saturated carbocycles. The molecule has 0 amide bonds. The van der Waals surface area contributed by atoms with E-state index in [0.29, 0.717) is 5.56 Å². The molecule has 0 radical (unpaired) electrons. The van der Waals surface area contributed by atoms with Crippen LogP contribution in [-0.4, -0.2) is 53.7 Å². The summed E-state index contributed by atoms with van der Waals surface area (Å²) in [5, 5.41) is 12.4. The van der Waals surface area contributed by atoms with E-state index < -0.39 is 5.82 Å². The minimum atomic E-state index is -0.490. The lowest BCUT2D eigenvalue weighted by Crippen LogP contribution is -2.40.